The van der Waals surface area contributed by atoms with Gasteiger partial charge in [-0.15, -0.1) is 0 Å². The fourth-order valence-corrected chi connectivity index (χ4v) is 4.82. The van der Waals surface area contributed by atoms with Gasteiger partial charge in [0.25, 0.3) is 5.91 Å². The van der Waals surface area contributed by atoms with E-state index in [0.717, 1.165) is 18.8 Å². The highest BCUT2D eigenvalue weighted by Crippen LogP contribution is 2.27. The summed E-state index contributed by atoms with van der Waals surface area (Å²) in [6, 6.07) is 6.47. The van der Waals surface area contributed by atoms with E-state index in [-0.39, 0.29) is 35.2 Å². The van der Waals surface area contributed by atoms with Crippen molar-refractivity contribution in [3.05, 3.63) is 29.8 Å². The number of amides is 1. The van der Waals surface area contributed by atoms with E-state index in [1.807, 2.05) is 6.92 Å². The minimum absolute atomic E-state index is 0.0562. The highest BCUT2D eigenvalue weighted by Gasteiger charge is 2.24. The van der Waals surface area contributed by atoms with Crippen LogP contribution in [0.3, 0.4) is 0 Å². The molecule has 0 unspecified atom stereocenters. The second-order valence-corrected chi connectivity index (χ2v) is 10.6. The fourth-order valence-electron chi connectivity index (χ4n) is 3.90. The van der Waals surface area contributed by atoms with Gasteiger partial charge in [0.15, 0.2) is 0 Å². The van der Waals surface area contributed by atoms with Gasteiger partial charge in [-0.3, -0.25) is 14.8 Å². The highest BCUT2D eigenvalue weighted by atomic mass is 32.2. The van der Waals surface area contributed by atoms with Gasteiger partial charge >= 0.3 is 0 Å². The van der Waals surface area contributed by atoms with Crippen molar-refractivity contribution >= 4 is 17.9 Å². The number of methoxy groups -OCH3 is 1. The summed E-state index contributed by atoms with van der Waals surface area (Å²) in [4.78, 5) is 12.6. The van der Waals surface area contributed by atoms with Gasteiger partial charge in [-0.05, 0) is 55.2 Å². The van der Waals surface area contributed by atoms with E-state index in [0.29, 0.717) is 5.92 Å². The van der Waals surface area contributed by atoms with Crippen LogP contribution < -0.4 is 10.0 Å². The van der Waals surface area contributed by atoms with E-state index in [9.17, 15) is 15.0 Å². The van der Waals surface area contributed by atoms with Crippen LogP contribution in [0.25, 0.3) is 0 Å². The minimum Gasteiger partial charge on any atom is -0.507 e. The molecule has 35 heavy (non-hydrogen) atoms. The van der Waals surface area contributed by atoms with Crippen molar-refractivity contribution in [1.82, 2.24) is 10.0 Å². The highest BCUT2D eigenvalue weighted by molar-refractivity contribution is 7.98. The van der Waals surface area contributed by atoms with Crippen LogP contribution in [0.2, 0.25) is 0 Å². The van der Waals surface area contributed by atoms with Crippen LogP contribution in [-0.4, -0.2) is 47.7 Å². The monoisotopic (exact) mass is 512 g/mol. The molecular formula is C27H48N2O5S. The van der Waals surface area contributed by atoms with E-state index >= 15 is 0 Å². The first-order chi connectivity index (χ1) is 16.7. The summed E-state index contributed by atoms with van der Waals surface area (Å²) < 4.78 is 14.2. The first kappa shape index (κ1) is 31.7. The number of aromatic hydroxyl groups is 1. The van der Waals surface area contributed by atoms with Crippen molar-refractivity contribution in [2.24, 2.45) is 17.8 Å². The number of benzene rings is 1. The molecule has 4 N–H and O–H groups in total. The van der Waals surface area contributed by atoms with Crippen molar-refractivity contribution in [2.75, 3.05) is 13.7 Å². The number of hydrogen-bond donors (Lipinski definition) is 4. The Morgan fingerprint density at radius 1 is 1.03 bits per heavy atom. The molecule has 1 rings (SSSR count). The fraction of sp³-hybridized carbons (Fsp3) is 0.741. The lowest BCUT2D eigenvalue weighted by molar-refractivity contribution is -0.0583. The number of hydrogen-bond acceptors (Lipinski definition) is 7. The number of carbonyl (C=O) groups excluding carboxylic acids is 1. The Morgan fingerprint density at radius 2 is 1.66 bits per heavy atom. The molecule has 0 aliphatic heterocycles. The van der Waals surface area contributed by atoms with Crippen LogP contribution in [0, 0.1) is 17.8 Å². The number of phenols is 1. The molecule has 1 aromatic rings. The second kappa shape index (κ2) is 18.0. The molecule has 0 bridgehead atoms. The number of ether oxygens (including phenoxy) is 2. The van der Waals surface area contributed by atoms with E-state index < -0.39 is 12.5 Å². The molecule has 0 aliphatic rings. The second-order valence-electron chi connectivity index (χ2n) is 9.74. The molecule has 0 radical (unpaired) electrons. The van der Waals surface area contributed by atoms with Crippen LogP contribution in [-0.2, 0) is 9.47 Å². The minimum atomic E-state index is -0.530. The molecule has 6 atom stereocenters. The first-order valence-electron chi connectivity index (χ1n) is 13.0. The van der Waals surface area contributed by atoms with Crippen LogP contribution in [0.1, 0.15) is 89.9 Å². The molecule has 0 saturated heterocycles. The van der Waals surface area contributed by atoms with Gasteiger partial charge in [0.1, 0.15) is 23.6 Å². The van der Waals surface area contributed by atoms with Crippen molar-refractivity contribution in [3.8, 4) is 5.75 Å². The number of rotatable bonds is 19. The zero-order valence-corrected chi connectivity index (χ0v) is 23.3. The third-order valence-corrected chi connectivity index (χ3v) is 7.65. The van der Waals surface area contributed by atoms with Crippen molar-refractivity contribution in [2.45, 2.75) is 97.5 Å². The third-order valence-electron chi connectivity index (χ3n) is 6.54. The quantitative estimate of drug-likeness (QED) is 0.140. The summed E-state index contributed by atoms with van der Waals surface area (Å²) in [7, 11) is 1.52. The maximum Gasteiger partial charge on any atom is 0.264 e. The van der Waals surface area contributed by atoms with E-state index in [1.54, 1.807) is 18.2 Å². The molecule has 1 aromatic carbocycles. The summed E-state index contributed by atoms with van der Waals surface area (Å²) in [5.41, 5.74) is -0.0901. The van der Waals surface area contributed by atoms with Gasteiger partial charge in [-0.1, -0.05) is 78.4 Å². The molecule has 0 saturated carbocycles. The maximum absolute atomic E-state index is 12.6. The van der Waals surface area contributed by atoms with Crippen LogP contribution in [0.5, 0.6) is 5.75 Å². The Labute approximate surface area is 216 Å². The van der Waals surface area contributed by atoms with E-state index in [1.165, 1.54) is 57.2 Å². The molecule has 1 amide bonds. The molecule has 7 nitrogen and oxygen atoms in total. The van der Waals surface area contributed by atoms with Gasteiger partial charge in [-0.2, -0.15) is 0 Å². The lowest BCUT2D eigenvalue weighted by atomic mass is 9.93. The summed E-state index contributed by atoms with van der Waals surface area (Å²) in [5, 5.41) is 22.5. The van der Waals surface area contributed by atoms with Crippen molar-refractivity contribution < 1.29 is 24.5 Å². The Bertz CT molecular complexity index is 704. The Hall–Kier alpha value is -1.32. The lowest BCUT2D eigenvalue weighted by Crippen LogP contribution is -2.44. The van der Waals surface area contributed by atoms with Crippen LogP contribution in [0.15, 0.2) is 24.3 Å². The predicted octanol–water partition coefficient (Wildman–Crippen LogP) is 5.67. The number of phenolic OH excluding ortho intramolecular Hbond substituents is 1. The van der Waals surface area contributed by atoms with Gasteiger partial charge in [-0.25, -0.2) is 0 Å². The molecule has 0 heterocycles. The predicted molar refractivity (Wildman–Crippen MR) is 144 cm³/mol. The topological polar surface area (TPSA) is 100 Å². The number of aliphatic hydroxyl groups excluding tert-OH is 1. The SMILES string of the molecule is CC[C@H](C)CCC[C@H](C)CCC[C@H](C)[C@@H](O[C@@H](C)N[C@H](CO)OC)SNC(=O)c1ccccc1O. The summed E-state index contributed by atoms with van der Waals surface area (Å²) in [6.45, 7) is 10.7. The summed E-state index contributed by atoms with van der Waals surface area (Å²) in [6.07, 6.45) is 7.44. The maximum atomic E-state index is 12.6. The molecule has 0 spiro atoms. The van der Waals surface area contributed by atoms with Gasteiger partial charge in [0.05, 0.1) is 12.2 Å². The largest absolute Gasteiger partial charge is 0.507 e. The molecule has 0 aliphatic carbocycles. The van der Waals surface area contributed by atoms with Crippen LogP contribution >= 0.6 is 11.9 Å². The third kappa shape index (κ3) is 13.0. The van der Waals surface area contributed by atoms with Crippen molar-refractivity contribution in [3.63, 3.8) is 0 Å². The number of para-hydroxylation sites is 1. The molecule has 0 aromatic heterocycles. The Morgan fingerprint density at radius 3 is 2.26 bits per heavy atom. The van der Waals surface area contributed by atoms with E-state index in [2.05, 4.69) is 37.7 Å². The lowest BCUT2D eigenvalue weighted by Gasteiger charge is -2.29. The standard InChI is InChI=1S/C27H48N2O5S/c1-7-19(2)12-10-13-20(3)14-11-15-21(4)27(34-22(5)28-25(18-30)33-6)35-29-26(32)23-16-8-9-17-24(23)31/h8-9,16-17,19-22,25,27-28,30-31H,7,10-15,18H2,1-6H3,(H,29,32)/t19-,20-,21-,22-,25-,27-/m0/s1. The number of nitrogens with one attached hydrogen (secondary N) is 2. The van der Waals surface area contributed by atoms with Gasteiger partial charge < -0.3 is 19.7 Å². The molecular weight excluding hydrogens is 464 g/mol. The van der Waals surface area contributed by atoms with Crippen LogP contribution in [0.4, 0.5) is 0 Å². The normalized spacial score (nSPS) is 16.8. The molecule has 0 fully saturated rings. The van der Waals surface area contributed by atoms with Crippen molar-refractivity contribution in [1.29, 1.82) is 0 Å². The van der Waals surface area contributed by atoms with Gasteiger partial charge in [0.2, 0.25) is 0 Å². The zero-order chi connectivity index (χ0) is 26.2. The Balaban J connectivity index is 2.64. The molecule has 8 heteroatoms. The summed E-state index contributed by atoms with van der Waals surface area (Å²) >= 11 is 1.21. The first-order valence-corrected chi connectivity index (χ1v) is 13.9. The average Bonchev–Trinajstić information content (AvgIpc) is 2.84. The molecule has 202 valence electrons. The average molecular weight is 513 g/mol. The number of aliphatic hydroxyl groups is 1. The smallest absolute Gasteiger partial charge is 0.264 e. The number of carbonyl (C=O) groups is 1. The summed E-state index contributed by atoms with van der Waals surface area (Å²) in [5.74, 6) is 1.27. The zero-order valence-electron chi connectivity index (χ0n) is 22.5. The Kier molecular flexibility index (Phi) is 16.3. The van der Waals surface area contributed by atoms with Gasteiger partial charge in [0, 0.05) is 7.11 Å². The van der Waals surface area contributed by atoms with E-state index in [4.69, 9.17) is 9.47 Å².